The van der Waals surface area contributed by atoms with Crippen molar-refractivity contribution in [2.45, 2.75) is 6.92 Å². The van der Waals surface area contributed by atoms with E-state index in [0.29, 0.717) is 25.7 Å². The summed E-state index contributed by atoms with van der Waals surface area (Å²) >= 11 is 0. The molecule has 1 aromatic heterocycles. The maximum Gasteiger partial charge on any atom is 0.225 e. The van der Waals surface area contributed by atoms with Crippen molar-refractivity contribution >= 4 is 22.7 Å². The first kappa shape index (κ1) is 14.5. The van der Waals surface area contributed by atoms with Gasteiger partial charge in [0.05, 0.1) is 25.3 Å². The van der Waals surface area contributed by atoms with Gasteiger partial charge in [-0.15, -0.1) is 0 Å². The molecule has 0 saturated carbocycles. The molecule has 108 valence electrons. The van der Waals surface area contributed by atoms with E-state index in [9.17, 15) is 0 Å². The molecule has 0 spiro atoms. The lowest BCUT2D eigenvalue weighted by Gasteiger charge is -2.11. The van der Waals surface area contributed by atoms with Gasteiger partial charge in [-0.2, -0.15) is 4.98 Å². The van der Waals surface area contributed by atoms with Gasteiger partial charge >= 0.3 is 0 Å². The number of nitrogens with one attached hydrogen (secondary N) is 2. The minimum Gasteiger partial charge on any atom is -0.394 e. The fourth-order valence-electron chi connectivity index (χ4n) is 1.86. The Bertz CT molecular complexity index is 548. The Morgan fingerprint density at radius 2 is 2.00 bits per heavy atom. The molecule has 1 heterocycles. The molecule has 6 nitrogen and oxygen atoms in total. The van der Waals surface area contributed by atoms with E-state index in [-0.39, 0.29) is 6.61 Å². The number of para-hydroxylation sites is 1. The topological polar surface area (TPSA) is 79.3 Å². The van der Waals surface area contributed by atoms with Crippen LogP contribution >= 0.6 is 0 Å². The quantitative estimate of drug-likeness (QED) is 0.634. The van der Waals surface area contributed by atoms with Gasteiger partial charge in [-0.3, -0.25) is 0 Å². The van der Waals surface area contributed by atoms with Crippen LogP contribution in [0.15, 0.2) is 24.3 Å². The van der Waals surface area contributed by atoms with E-state index in [1.807, 2.05) is 31.2 Å². The van der Waals surface area contributed by atoms with Gasteiger partial charge < -0.3 is 20.5 Å². The molecule has 2 rings (SSSR count). The third-order valence-corrected chi connectivity index (χ3v) is 2.71. The minimum absolute atomic E-state index is 0.0427. The molecular weight excluding hydrogens is 256 g/mol. The lowest BCUT2D eigenvalue weighted by atomic mass is 10.2. The number of anilines is 2. The summed E-state index contributed by atoms with van der Waals surface area (Å²) in [6.07, 6.45) is 0. The van der Waals surface area contributed by atoms with Crippen LogP contribution in [0.4, 0.5) is 11.8 Å². The van der Waals surface area contributed by atoms with Crippen molar-refractivity contribution < 1.29 is 9.84 Å². The normalized spacial score (nSPS) is 10.7. The number of benzene rings is 1. The number of fused-ring (bicyclic) bond motifs is 1. The molecule has 3 N–H and O–H groups in total. The second-order valence-electron chi connectivity index (χ2n) is 4.21. The summed E-state index contributed by atoms with van der Waals surface area (Å²) in [7, 11) is 0. The van der Waals surface area contributed by atoms with Gasteiger partial charge in [0.2, 0.25) is 5.95 Å². The van der Waals surface area contributed by atoms with E-state index in [2.05, 4.69) is 20.6 Å². The van der Waals surface area contributed by atoms with Gasteiger partial charge in [0, 0.05) is 18.5 Å². The second kappa shape index (κ2) is 7.62. The summed E-state index contributed by atoms with van der Waals surface area (Å²) in [5.74, 6) is 1.41. The van der Waals surface area contributed by atoms with Crippen molar-refractivity contribution in [1.82, 2.24) is 9.97 Å². The zero-order valence-electron chi connectivity index (χ0n) is 11.6. The maximum atomic E-state index is 8.65. The largest absolute Gasteiger partial charge is 0.394 e. The summed E-state index contributed by atoms with van der Waals surface area (Å²) < 4.78 is 5.22. The van der Waals surface area contributed by atoms with Crippen LogP contribution in [0, 0.1) is 0 Å². The molecule has 0 fully saturated rings. The molecule has 20 heavy (non-hydrogen) atoms. The standard InChI is InChI=1S/C14H20N4O2/c1-2-15-14-17-12-6-4-3-5-11(12)13(18-14)16-7-9-20-10-8-19/h3-6,19H,2,7-10H2,1H3,(H2,15,16,17,18). The molecule has 0 aliphatic heterocycles. The van der Waals surface area contributed by atoms with Crippen LogP contribution in [-0.4, -0.2) is 48.0 Å². The lowest BCUT2D eigenvalue weighted by molar-refractivity contribution is 0.0992. The van der Waals surface area contributed by atoms with Crippen molar-refractivity contribution in [2.24, 2.45) is 0 Å². The third-order valence-electron chi connectivity index (χ3n) is 2.71. The van der Waals surface area contributed by atoms with Crippen LogP contribution in [-0.2, 0) is 4.74 Å². The van der Waals surface area contributed by atoms with Crippen LogP contribution in [0.3, 0.4) is 0 Å². The Hall–Kier alpha value is -1.92. The van der Waals surface area contributed by atoms with Gasteiger partial charge in [0.1, 0.15) is 5.82 Å². The number of aliphatic hydroxyl groups excluding tert-OH is 1. The van der Waals surface area contributed by atoms with Crippen molar-refractivity contribution in [1.29, 1.82) is 0 Å². The van der Waals surface area contributed by atoms with Crippen LogP contribution in [0.25, 0.3) is 10.9 Å². The number of rotatable bonds is 8. The minimum atomic E-state index is 0.0427. The molecule has 0 unspecified atom stereocenters. The van der Waals surface area contributed by atoms with Gasteiger partial charge in [0.25, 0.3) is 0 Å². The molecule has 0 amide bonds. The highest BCUT2D eigenvalue weighted by Gasteiger charge is 2.06. The molecule has 0 radical (unpaired) electrons. The molecule has 0 bridgehead atoms. The summed E-state index contributed by atoms with van der Waals surface area (Å²) in [5.41, 5.74) is 0.900. The van der Waals surface area contributed by atoms with E-state index in [1.165, 1.54) is 0 Å². The summed E-state index contributed by atoms with van der Waals surface area (Å²) in [6.45, 7) is 4.34. The van der Waals surface area contributed by atoms with Crippen LogP contribution < -0.4 is 10.6 Å². The number of nitrogens with zero attached hydrogens (tertiary/aromatic N) is 2. The molecule has 0 aliphatic rings. The molecule has 0 aliphatic carbocycles. The van der Waals surface area contributed by atoms with Crippen molar-refractivity contribution in [3.63, 3.8) is 0 Å². The highest BCUT2D eigenvalue weighted by molar-refractivity contribution is 5.89. The monoisotopic (exact) mass is 276 g/mol. The number of hydrogen-bond acceptors (Lipinski definition) is 6. The Morgan fingerprint density at radius 1 is 1.15 bits per heavy atom. The van der Waals surface area contributed by atoms with Crippen LogP contribution in [0.2, 0.25) is 0 Å². The molecule has 2 aromatic rings. The zero-order chi connectivity index (χ0) is 14.2. The van der Waals surface area contributed by atoms with Gasteiger partial charge in [-0.05, 0) is 19.1 Å². The average molecular weight is 276 g/mol. The summed E-state index contributed by atoms with van der Waals surface area (Å²) in [4.78, 5) is 8.93. The predicted molar refractivity (Wildman–Crippen MR) is 80.1 cm³/mol. The fourth-order valence-corrected chi connectivity index (χ4v) is 1.86. The van der Waals surface area contributed by atoms with E-state index < -0.39 is 0 Å². The molecular formula is C14H20N4O2. The fraction of sp³-hybridized carbons (Fsp3) is 0.429. The SMILES string of the molecule is CCNc1nc(NCCOCCO)c2ccccc2n1. The van der Waals surface area contributed by atoms with Gasteiger partial charge in [-0.25, -0.2) is 4.98 Å². The average Bonchev–Trinajstić information content (AvgIpc) is 2.47. The molecule has 0 atom stereocenters. The number of ether oxygens (including phenoxy) is 1. The number of aliphatic hydroxyl groups is 1. The Labute approximate surface area is 118 Å². The van der Waals surface area contributed by atoms with E-state index >= 15 is 0 Å². The van der Waals surface area contributed by atoms with Crippen molar-refractivity contribution in [3.8, 4) is 0 Å². The highest BCUT2D eigenvalue weighted by Crippen LogP contribution is 2.21. The number of hydrogen-bond donors (Lipinski definition) is 3. The molecule has 1 aromatic carbocycles. The Balaban J connectivity index is 2.12. The summed E-state index contributed by atoms with van der Waals surface area (Å²) in [6, 6.07) is 7.87. The van der Waals surface area contributed by atoms with Gasteiger partial charge in [0.15, 0.2) is 0 Å². The van der Waals surface area contributed by atoms with E-state index in [0.717, 1.165) is 23.3 Å². The van der Waals surface area contributed by atoms with Crippen molar-refractivity contribution in [2.75, 3.05) is 43.5 Å². The van der Waals surface area contributed by atoms with Crippen molar-refractivity contribution in [3.05, 3.63) is 24.3 Å². The first-order valence-electron chi connectivity index (χ1n) is 6.78. The predicted octanol–water partition coefficient (Wildman–Crippen LogP) is 1.48. The second-order valence-corrected chi connectivity index (χ2v) is 4.21. The smallest absolute Gasteiger partial charge is 0.225 e. The van der Waals surface area contributed by atoms with E-state index in [1.54, 1.807) is 0 Å². The van der Waals surface area contributed by atoms with E-state index in [4.69, 9.17) is 9.84 Å². The lowest BCUT2D eigenvalue weighted by Crippen LogP contribution is -2.13. The third kappa shape index (κ3) is 3.79. The maximum absolute atomic E-state index is 8.65. The number of aromatic nitrogens is 2. The zero-order valence-corrected chi connectivity index (χ0v) is 11.6. The first-order chi connectivity index (χ1) is 9.85. The first-order valence-corrected chi connectivity index (χ1v) is 6.78. The van der Waals surface area contributed by atoms with Crippen LogP contribution in [0.1, 0.15) is 6.92 Å². The molecule has 6 heteroatoms. The summed E-state index contributed by atoms with van der Waals surface area (Å²) in [5, 5.41) is 16.0. The molecule has 0 saturated heterocycles. The Morgan fingerprint density at radius 3 is 2.80 bits per heavy atom. The Kier molecular flexibility index (Phi) is 5.52. The van der Waals surface area contributed by atoms with Gasteiger partial charge in [-0.1, -0.05) is 12.1 Å². The van der Waals surface area contributed by atoms with Crippen LogP contribution in [0.5, 0.6) is 0 Å². The highest BCUT2D eigenvalue weighted by atomic mass is 16.5.